The highest BCUT2D eigenvalue weighted by atomic mass is 32.2. The molecule has 8 nitrogen and oxygen atoms in total. The first-order valence-corrected chi connectivity index (χ1v) is 10.9. The van der Waals surface area contributed by atoms with Gasteiger partial charge in [0.2, 0.25) is 0 Å². The molecule has 5 rings (SSSR count). The second kappa shape index (κ2) is 7.60. The minimum absolute atomic E-state index is 0.0580. The molecule has 1 aliphatic heterocycles. The Kier molecular flexibility index (Phi) is 4.95. The quantitative estimate of drug-likeness (QED) is 0.584. The number of nitrogens with two attached hydrogens (primary N) is 1. The molecule has 1 aliphatic carbocycles. The van der Waals surface area contributed by atoms with Crippen molar-refractivity contribution in [2.45, 2.75) is 23.6 Å². The molecule has 0 unspecified atom stereocenters. The molecule has 11 heteroatoms. The van der Waals surface area contributed by atoms with Gasteiger partial charge in [-0.15, -0.1) is 0 Å². The Labute approximate surface area is 192 Å². The molecular weight excluding hydrogens is 448 g/mol. The van der Waals surface area contributed by atoms with Gasteiger partial charge in [-0.1, -0.05) is 11.8 Å². The van der Waals surface area contributed by atoms with Crippen molar-refractivity contribution in [3.63, 3.8) is 0 Å². The summed E-state index contributed by atoms with van der Waals surface area (Å²) in [5.41, 5.74) is 6.62. The van der Waals surface area contributed by atoms with Gasteiger partial charge in [-0.25, -0.2) is 23.7 Å². The summed E-state index contributed by atoms with van der Waals surface area (Å²) in [6, 6.07) is 6.16. The third-order valence-electron chi connectivity index (χ3n) is 6.18. The van der Waals surface area contributed by atoms with Gasteiger partial charge in [-0.2, -0.15) is 5.26 Å². The summed E-state index contributed by atoms with van der Waals surface area (Å²) in [5, 5.41) is 12.4. The first-order chi connectivity index (χ1) is 15.8. The first kappa shape index (κ1) is 21.5. The van der Waals surface area contributed by atoms with Gasteiger partial charge in [0.1, 0.15) is 17.9 Å². The number of amidine groups is 1. The number of rotatable bonds is 5. The first-order valence-electron chi connectivity index (χ1n) is 10.1. The van der Waals surface area contributed by atoms with Crippen molar-refractivity contribution in [1.29, 1.82) is 5.26 Å². The Morgan fingerprint density at radius 3 is 2.88 bits per heavy atom. The number of fused-ring (bicyclic) bond motifs is 2. The molecule has 0 spiro atoms. The van der Waals surface area contributed by atoms with Crippen molar-refractivity contribution in [3.05, 3.63) is 53.5 Å². The summed E-state index contributed by atoms with van der Waals surface area (Å²) < 4.78 is 34.9. The van der Waals surface area contributed by atoms with E-state index < -0.39 is 17.2 Å². The molecule has 0 amide bonds. The molecule has 1 fully saturated rings. The smallest absolute Gasteiger partial charge is 0.164 e. The standard InChI is InChI=1S/C22H19F2N7OS/c1-21(16-6-22(16,9-32-2)33-20(26)31-21)13-4-12(5-14(23)17(13)24)30-19-18-15(28-10-29-19)3-11(7-25)8-27-18/h3-5,8,10,16H,6,9H2,1-2H3,(H2,26,31)(H,28,29,30)/t16-,21+,22+/m0/s1. The van der Waals surface area contributed by atoms with E-state index in [1.165, 1.54) is 30.4 Å². The van der Waals surface area contributed by atoms with Crippen molar-refractivity contribution < 1.29 is 13.5 Å². The van der Waals surface area contributed by atoms with Gasteiger partial charge in [0.25, 0.3) is 0 Å². The predicted molar refractivity (Wildman–Crippen MR) is 121 cm³/mol. The van der Waals surface area contributed by atoms with Crippen LogP contribution in [0.3, 0.4) is 0 Å². The molecule has 0 radical (unpaired) electrons. The normalized spacial score (nSPS) is 25.8. The Hall–Kier alpha value is -3.36. The maximum Gasteiger partial charge on any atom is 0.164 e. The average molecular weight is 468 g/mol. The fourth-order valence-electron chi connectivity index (χ4n) is 4.59. The number of nitrogens with one attached hydrogen (secondary N) is 1. The van der Waals surface area contributed by atoms with Crippen LogP contribution in [0.5, 0.6) is 0 Å². The summed E-state index contributed by atoms with van der Waals surface area (Å²) in [5.74, 6) is -1.74. The predicted octanol–water partition coefficient (Wildman–Crippen LogP) is 3.60. The van der Waals surface area contributed by atoms with Gasteiger partial charge >= 0.3 is 0 Å². The lowest BCUT2D eigenvalue weighted by Gasteiger charge is -2.34. The van der Waals surface area contributed by atoms with Crippen LogP contribution >= 0.6 is 11.8 Å². The summed E-state index contributed by atoms with van der Waals surface area (Å²) >= 11 is 1.43. The number of benzene rings is 1. The van der Waals surface area contributed by atoms with E-state index in [9.17, 15) is 4.39 Å². The maximum absolute atomic E-state index is 15.1. The second-order valence-electron chi connectivity index (χ2n) is 8.32. The van der Waals surface area contributed by atoms with Gasteiger partial charge in [0.15, 0.2) is 22.6 Å². The van der Waals surface area contributed by atoms with Crippen LogP contribution in [-0.4, -0.2) is 38.6 Å². The number of methoxy groups -OCH3 is 1. The van der Waals surface area contributed by atoms with E-state index in [2.05, 4.69) is 25.3 Å². The number of hydrogen-bond donors (Lipinski definition) is 2. The van der Waals surface area contributed by atoms with E-state index in [0.29, 0.717) is 34.2 Å². The van der Waals surface area contributed by atoms with Crippen LogP contribution in [0, 0.1) is 28.9 Å². The zero-order chi connectivity index (χ0) is 23.4. The van der Waals surface area contributed by atoms with Crippen LogP contribution in [-0.2, 0) is 10.3 Å². The van der Waals surface area contributed by atoms with E-state index in [-0.39, 0.29) is 21.9 Å². The van der Waals surface area contributed by atoms with Crippen LogP contribution < -0.4 is 11.1 Å². The summed E-state index contributed by atoms with van der Waals surface area (Å²) in [4.78, 5) is 17.1. The lowest BCUT2D eigenvalue weighted by Crippen LogP contribution is -2.37. The van der Waals surface area contributed by atoms with E-state index >= 15 is 4.39 Å². The summed E-state index contributed by atoms with van der Waals surface area (Å²) in [6.07, 6.45) is 3.43. The third kappa shape index (κ3) is 3.46. The van der Waals surface area contributed by atoms with Gasteiger partial charge < -0.3 is 15.8 Å². The lowest BCUT2D eigenvalue weighted by molar-refractivity contribution is 0.184. The van der Waals surface area contributed by atoms with Crippen molar-refractivity contribution in [1.82, 2.24) is 15.0 Å². The van der Waals surface area contributed by atoms with E-state index in [1.807, 2.05) is 6.07 Å². The zero-order valence-corrected chi connectivity index (χ0v) is 18.6. The number of thioether (sulfide) groups is 1. The number of hydrogen-bond acceptors (Lipinski definition) is 9. The van der Waals surface area contributed by atoms with Crippen LogP contribution in [0.25, 0.3) is 11.0 Å². The number of ether oxygens (including phenoxy) is 1. The van der Waals surface area contributed by atoms with E-state index in [0.717, 1.165) is 12.5 Å². The molecule has 3 aromatic rings. The van der Waals surface area contributed by atoms with Gasteiger partial charge in [0.05, 0.1) is 28.0 Å². The third-order valence-corrected chi connectivity index (χ3v) is 7.46. The van der Waals surface area contributed by atoms with Crippen LogP contribution in [0.15, 0.2) is 35.7 Å². The highest BCUT2D eigenvalue weighted by molar-refractivity contribution is 8.15. The molecule has 3 heterocycles. The molecule has 2 aromatic heterocycles. The summed E-state index contributed by atoms with van der Waals surface area (Å²) in [6.45, 7) is 2.22. The van der Waals surface area contributed by atoms with E-state index in [1.54, 1.807) is 20.1 Å². The Morgan fingerprint density at radius 1 is 1.30 bits per heavy atom. The highest BCUT2D eigenvalue weighted by Gasteiger charge is 2.66. The van der Waals surface area contributed by atoms with Gasteiger partial charge in [-0.05, 0) is 25.5 Å². The number of nitriles is 1. The molecular formula is C22H19F2N7OS. The second-order valence-corrected chi connectivity index (χ2v) is 9.76. The average Bonchev–Trinajstić information content (AvgIpc) is 3.50. The van der Waals surface area contributed by atoms with Crippen molar-refractivity contribution in [3.8, 4) is 6.07 Å². The monoisotopic (exact) mass is 467 g/mol. The Balaban J connectivity index is 1.57. The molecule has 1 aromatic carbocycles. The Morgan fingerprint density at radius 2 is 2.12 bits per heavy atom. The highest BCUT2D eigenvalue weighted by Crippen LogP contribution is 2.66. The molecule has 0 bridgehead atoms. The minimum Gasteiger partial charge on any atom is -0.383 e. The van der Waals surface area contributed by atoms with Gasteiger partial charge in [0, 0.05) is 36.5 Å². The molecule has 0 saturated heterocycles. The lowest BCUT2D eigenvalue weighted by atomic mass is 9.85. The number of aliphatic imine (C=N–C) groups is 1. The number of halogens is 2. The number of aromatic nitrogens is 3. The van der Waals surface area contributed by atoms with Crippen molar-refractivity contribution in [2.75, 3.05) is 19.0 Å². The van der Waals surface area contributed by atoms with Gasteiger partial charge in [-0.3, -0.25) is 4.99 Å². The van der Waals surface area contributed by atoms with Crippen molar-refractivity contribution in [2.24, 2.45) is 16.6 Å². The fourth-order valence-corrected chi connectivity index (χ4v) is 6.04. The largest absolute Gasteiger partial charge is 0.383 e. The molecule has 3 atom stereocenters. The molecule has 2 aliphatic rings. The molecule has 33 heavy (non-hydrogen) atoms. The summed E-state index contributed by atoms with van der Waals surface area (Å²) in [7, 11) is 1.61. The number of anilines is 2. The SMILES string of the molecule is COC[C@]12C[C@H]1[C@@](C)(c1cc(Nc3ncnc4cc(C#N)cnc34)cc(F)c1F)N=C(N)S2. The fraction of sp³-hybridized carbons (Fsp3) is 0.318. The van der Waals surface area contributed by atoms with Crippen LogP contribution in [0.2, 0.25) is 0 Å². The maximum atomic E-state index is 15.1. The zero-order valence-electron chi connectivity index (χ0n) is 17.8. The molecule has 168 valence electrons. The van der Waals surface area contributed by atoms with Crippen molar-refractivity contribution >= 4 is 39.5 Å². The number of nitrogens with zero attached hydrogens (tertiary/aromatic N) is 5. The molecule has 3 N–H and O–H groups in total. The Bertz CT molecular complexity index is 1360. The van der Waals surface area contributed by atoms with E-state index in [4.69, 9.17) is 15.7 Å². The van der Waals surface area contributed by atoms with Crippen LogP contribution in [0.4, 0.5) is 20.3 Å². The molecule has 1 saturated carbocycles. The van der Waals surface area contributed by atoms with Crippen LogP contribution in [0.1, 0.15) is 24.5 Å². The minimum atomic E-state index is -1.05. The topological polar surface area (TPSA) is 122 Å². The number of pyridine rings is 1.